The van der Waals surface area contributed by atoms with Gasteiger partial charge in [-0.25, -0.2) is 4.57 Å². The lowest BCUT2D eigenvalue weighted by Crippen LogP contribution is -2.29. The summed E-state index contributed by atoms with van der Waals surface area (Å²) < 4.78 is 31.9. The highest BCUT2D eigenvalue weighted by Gasteiger charge is 2.24. The maximum Gasteiger partial charge on any atom is 0.472 e. The third kappa shape index (κ3) is 41.6. The summed E-state index contributed by atoms with van der Waals surface area (Å²) in [5, 5.41) is 0. The van der Waals surface area contributed by atoms with Crippen LogP contribution in [0.2, 0.25) is 0 Å². The number of phosphoric acid groups is 1. The average molecular weight is 809 g/mol. The number of hydrogen-bond acceptors (Lipinski definition) is 7. The van der Waals surface area contributed by atoms with Gasteiger partial charge in [-0.1, -0.05) is 210 Å². The monoisotopic (exact) mass is 809 g/mol. The molecule has 0 aromatic carbocycles. The van der Waals surface area contributed by atoms with Crippen molar-refractivity contribution >= 4 is 19.8 Å². The highest BCUT2D eigenvalue weighted by atomic mass is 31.2. The molecule has 8 nitrogen and oxygen atoms in total. The Labute approximate surface area is 344 Å². The van der Waals surface area contributed by atoms with Gasteiger partial charge in [-0.15, -0.1) is 0 Å². The predicted molar refractivity (Wildman–Crippen MR) is 235 cm³/mol. The SMILES string of the molecule is CC/C=C\C/C=C\C/C=C\C/C=C\CCC(=O)OC(COC(=O)CCCCCCCCCCCCCCCCCCCCCCCCCC)COP(=O)(O)OC. The molecule has 0 aliphatic carbocycles. The van der Waals surface area contributed by atoms with Crippen LogP contribution in [-0.2, 0) is 32.7 Å². The van der Waals surface area contributed by atoms with Gasteiger partial charge in [-0.2, -0.15) is 0 Å². The van der Waals surface area contributed by atoms with Crippen molar-refractivity contribution in [2.75, 3.05) is 20.3 Å². The van der Waals surface area contributed by atoms with Crippen LogP contribution in [0.4, 0.5) is 0 Å². The van der Waals surface area contributed by atoms with E-state index >= 15 is 0 Å². The second kappa shape index (κ2) is 42.6. The summed E-state index contributed by atoms with van der Waals surface area (Å²) in [5.74, 6) is -0.893. The van der Waals surface area contributed by atoms with Crippen LogP contribution in [0, 0.1) is 0 Å². The third-order valence-electron chi connectivity index (χ3n) is 9.85. The molecule has 326 valence electrons. The van der Waals surface area contributed by atoms with Crippen molar-refractivity contribution in [3.05, 3.63) is 48.6 Å². The number of carbonyl (C=O) groups excluding carboxylic acids is 2. The van der Waals surface area contributed by atoms with E-state index < -0.39 is 26.5 Å². The molecule has 2 atom stereocenters. The minimum Gasteiger partial charge on any atom is -0.462 e. The topological polar surface area (TPSA) is 108 Å². The Morgan fingerprint density at radius 3 is 1.32 bits per heavy atom. The molecule has 0 bridgehead atoms. The van der Waals surface area contributed by atoms with Gasteiger partial charge in [-0.05, 0) is 38.5 Å². The highest BCUT2D eigenvalue weighted by Crippen LogP contribution is 2.42. The number of ether oxygens (including phenoxy) is 2. The van der Waals surface area contributed by atoms with Crippen molar-refractivity contribution < 1.29 is 37.6 Å². The molecule has 0 fully saturated rings. The molecular weight excluding hydrogens is 723 g/mol. The normalized spacial score (nSPS) is 13.7. The van der Waals surface area contributed by atoms with E-state index in [1.165, 1.54) is 135 Å². The molecule has 0 saturated carbocycles. The van der Waals surface area contributed by atoms with Crippen LogP contribution in [0.15, 0.2) is 48.6 Å². The number of hydrogen-bond donors (Lipinski definition) is 1. The Morgan fingerprint density at radius 1 is 0.518 bits per heavy atom. The van der Waals surface area contributed by atoms with Crippen molar-refractivity contribution in [1.29, 1.82) is 0 Å². The quantitative estimate of drug-likeness (QED) is 0.0281. The fourth-order valence-electron chi connectivity index (χ4n) is 6.38. The van der Waals surface area contributed by atoms with Gasteiger partial charge in [0, 0.05) is 20.0 Å². The van der Waals surface area contributed by atoms with Crippen LogP contribution >= 0.6 is 7.82 Å². The first-order valence-corrected chi connectivity index (χ1v) is 24.3. The van der Waals surface area contributed by atoms with E-state index in [9.17, 15) is 19.0 Å². The summed E-state index contributed by atoms with van der Waals surface area (Å²) in [6.45, 7) is 3.73. The summed E-state index contributed by atoms with van der Waals surface area (Å²) in [6, 6.07) is 0. The van der Waals surface area contributed by atoms with E-state index in [1.54, 1.807) is 0 Å². The lowest BCUT2D eigenvalue weighted by Gasteiger charge is -2.19. The first kappa shape index (κ1) is 54.0. The number of phosphoric ester groups is 1. The van der Waals surface area contributed by atoms with Crippen LogP contribution in [0.3, 0.4) is 0 Å². The van der Waals surface area contributed by atoms with Crippen molar-refractivity contribution in [3.63, 3.8) is 0 Å². The molecule has 0 aromatic heterocycles. The molecule has 0 rings (SSSR count). The van der Waals surface area contributed by atoms with Crippen LogP contribution < -0.4 is 0 Å². The van der Waals surface area contributed by atoms with Gasteiger partial charge in [0.25, 0.3) is 0 Å². The highest BCUT2D eigenvalue weighted by molar-refractivity contribution is 7.47. The lowest BCUT2D eigenvalue weighted by molar-refractivity contribution is -0.161. The van der Waals surface area contributed by atoms with E-state index in [1.807, 2.05) is 12.2 Å². The number of rotatable bonds is 42. The van der Waals surface area contributed by atoms with Crippen LogP contribution in [0.25, 0.3) is 0 Å². The predicted octanol–water partition coefficient (Wildman–Crippen LogP) is 14.6. The molecule has 1 N–H and O–H groups in total. The number of unbranched alkanes of at least 4 members (excludes halogenated alkanes) is 23. The van der Waals surface area contributed by atoms with Gasteiger partial charge in [0.2, 0.25) is 0 Å². The molecule has 0 heterocycles. The zero-order valence-electron chi connectivity index (χ0n) is 36.3. The second-order valence-electron chi connectivity index (χ2n) is 15.2. The van der Waals surface area contributed by atoms with Crippen molar-refractivity contribution in [1.82, 2.24) is 0 Å². The molecule has 9 heteroatoms. The van der Waals surface area contributed by atoms with Gasteiger partial charge >= 0.3 is 19.8 Å². The van der Waals surface area contributed by atoms with Gasteiger partial charge in [0.05, 0.1) is 6.61 Å². The first-order chi connectivity index (χ1) is 27.3. The molecule has 0 aliphatic heterocycles. The summed E-state index contributed by atoms with van der Waals surface area (Å²) in [7, 11) is -3.23. The molecule has 0 saturated heterocycles. The molecule has 2 unspecified atom stereocenters. The van der Waals surface area contributed by atoms with Crippen LogP contribution in [0.1, 0.15) is 213 Å². The van der Waals surface area contributed by atoms with E-state index in [-0.39, 0.29) is 25.4 Å². The maximum atomic E-state index is 12.4. The zero-order valence-corrected chi connectivity index (χ0v) is 37.2. The fraction of sp³-hybridized carbons (Fsp3) is 0.787. The minimum absolute atomic E-state index is 0.124. The van der Waals surface area contributed by atoms with Crippen LogP contribution in [0.5, 0.6) is 0 Å². The van der Waals surface area contributed by atoms with Crippen LogP contribution in [-0.4, -0.2) is 43.3 Å². The van der Waals surface area contributed by atoms with Gasteiger partial charge < -0.3 is 14.4 Å². The van der Waals surface area contributed by atoms with Gasteiger partial charge in [0.15, 0.2) is 6.10 Å². The minimum atomic E-state index is -4.28. The van der Waals surface area contributed by atoms with E-state index in [0.717, 1.165) is 52.1 Å². The lowest BCUT2D eigenvalue weighted by atomic mass is 10.0. The number of carbonyl (C=O) groups is 2. The number of allylic oxidation sites excluding steroid dienone is 8. The summed E-state index contributed by atoms with van der Waals surface area (Å²) in [5.41, 5.74) is 0. The molecule has 56 heavy (non-hydrogen) atoms. The molecule has 0 aliphatic rings. The van der Waals surface area contributed by atoms with Crippen molar-refractivity contribution in [3.8, 4) is 0 Å². The Morgan fingerprint density at radius 2 is 0.911 bits per heavy atom. The average Bonchev–Trinajstić information content (AvgIpc) is 3.19. The Balaban J connectivity index is 3.91. The van der Waals surface area contributed by atoms with E-state index in [2.05, 4.69) is 54.8 Å². The summed E-state index contributed by atoms with van der Waals surface area (Å²) >= 11 is 0. The molecule has 0 radical (unpaired) electrons. The molecular formula is C47H85O8P. The third-order valence-corrected chi connectivity index (χ3v) is 10.8. The second-order valence-corrected chi connectivity index (χ2v) is 16.7. The Hall–Kier alpha value is -1.99. The maximum absolute atomic E-state index is 12.4. The van der Waals surface area contributed by atoms with Gasteiger partial charge in [0.1, 0.15) is 6.61 Å². The summed E-state index contributed by atoms with van der Waals surface area (Å²) in [6.07, 6.45) is 52.1. The van der Waals surface area contributed by atoms with Gasteiger partial charge in [-0.3, -0.25) is 18.6 Å². The standard InChI is InChI=1S/C47H85O8P/c1-4-6-8-10-12-14-16-18-19-20-21-22-23-24-25-26-27-28-30-31-33-35-37-39-41-46(48)53-43-45(44-54-56(50,51)52-3)55-47(49)42-40-38-36-34-32-29-17-15-13-11-9-7-5-2/h7,9,13,15,29,32,36,38,45H,4-6,8,10-12,14,16-28,30-31,33-35,37,39-44H2,1-3H3,(H,50,51)/b9-7-,15-13-,32-29-,38-36-. The van der Waals surface area contributed by atoms with E-state index in [0.29, 0.717) is 6.42 Å². The molecule has 0 amide bonds. The van der Waals surface area contributed by atoms with Crippen molar-refractivity contribution in [2.45, 2.75) is 219 Å². The zero-order chi connectivity index (χ0) is 41.1. The molecule has 0 aromatic rings. The smallest absolute Gasteiger partial charge is 0.462 e. The molecule has 0 spiro atoms. The number of esters is 2. The van der Waals surface area contributed by atoms with E-state index in [4.69, 9.17) is 14.0 Å². The Kier molecular flexibility index (Phi) is 41.1. The first-order valence-electron chi connectivity index (χ1n) is 22.8. The summed E-state index contributed by atoms with van der Waals surface area (Å²) in [4.78, 5) is 34.4. The Bertz CT molecular complexity index is 1050. The fourth-order valence-corrected chi connectivity index (χ4v) is 6.84. The van der Waals surface area contributed by atoms with Crippen molar-refractivity contribution in [2.24, 2.45) is 0 Å². The largest absolute Gasteiger partial charge is 0.472 e.